The lowest BCUT2D eigenvalue weighted by Crippen LogP contribution is -1.91. The molecule has 2 aromatic rings. The molecule has 1 heterocycles. The van der Waals surface area contributed by atoms with Crippen molar-refractivity contribution < 1.29 is 5.11 Å². The summed E-state index contributed by atoms with van der Waals surface area (Å²) in [5.74, 6) is 0.00409. The van der Waals surface area contributed by atoms with Gasteiger partial charge in [0.05, 0.1) is 10.0 Å². The van der Waals surface area contributed by atoms with Crippen LogP contribution in [0, 0.1) is 0 Å². The van der Waals surface area contributed by atoms with E-state index < -0.39 is 0 Å². The van der Waals surface area contributed by atoms with E-state index in [4.69, 9.17) is 23.2 Å². The number of rotatable bonds is 3. The number of benzene rings is 1. The lowest BCUT2D eigenvalue weighted by atomic mass is 10.1. The largest absolute Gasteiger partial charge is 0.504 e. The molecular weight excluding hydrogens is 257 g/mol. The van der Waals surface area contributed by atoms with Crippen molar-refractivity contribution in [1.29, 1.82) is 0 Å². The van der Waals surface area contributed by atoms with Crippen LogP contribution in [0.5, 0.6) is 5.75 Å². The number of phenols is 1. The minimum Gasteiger partial charge on any atom is -0.504 e. The van der Waals surface area contributed by atoms with Gasteiger partial charge in [0.1, 0.15) is 5.52 Å². The number of unbranched alkanes of at least 4 members (excludes halogenated alkanes) is 1. The first-order valence-electron chi connectivity index (χ1n) is 5.60. The Labute approximate surface area is 110 Å². The van der Waals surface area contributed by atoms with Gasteiger partial charge in [-0.25, -0.2) is 4.98 Å². The summed E-state index contributed by atoms with van der Waals surface area (Å²) in [6, 6.07) is 5.36. The zero-order valence-electron chi connectivity index (χ0n) is 9.50. The van der Waals surface area contributed by atoms with Gasteiger partial charge in [-0.3, -0.25) is 0 Å². The lowest BCUT2D eigenvalue weighted by Gasteiger charge is -2.07. The quantitative estimate of drug-likeness (QED) is 0.884. The summed E-state index contributed by atoms with van der Waals surface area (Å²) in [6.07, 6.45) is 3.09. The van der Waals surface area contributed by atoms with Gasteiger partial charge in [-0.1, -0.05) is 36.5 Å². The number of hydrogen-bond donors (Lipinski definition) is 1. The third-order valence-corrected chi connectivity index (χ3v) is 3.30. The molecule has 1 aromatic carbocycles. The molecule has 4 heteroatoms. The zero-order valence-corrected chi connectivity index (χ0v) is 11.0. The van der Waals surface area contributed by atoms with Crippen molar-refractivity contribution in [3.8, 4) is 5.75 Å². The number of hydrogen-bond acceptors (Lipinski definition) is 2. The van der Waals surface area contributed by atoms with Gasteiger partial charge in [0.15, 0.2) is 5.75 Å². The molecule has 0 bridgehead atoms. The fourth-order valence-electron chi connectivity index (χ4n) is 1.74. The van der Waals surface area contributed by atoms with Gasteiger partial charge in [-0.05, 0) is 31.0 Å². The summed E-state index contributed by atoms with van der Waals surface area (Å²) in [5.41, 5.74) is 1.43. The van der Waals surface area contributed by atoms with E-state index in [1.54, 1.807) is 0 Å². The van der Waals surface area contributed by atoms with Crippen molar-refractivity contribution in [3.63, 3.8) is 0 Å². The van der Waals surface area contributed by atoms with Crippen molar-refractivity contribution in [2.75, 3.05) is 0 Å². The Bertz CT molecular complexity index is 555. The maximum Gasteiger partial charge on any atom is 0.160 e. The van der Waals surface area contributed by atoms with Crippen LogP contribution in [0.15, 0.2) is 18.2 Å². The monoisotopic (exact) mass is 269 g/mol. The van der Waals surface area contributed by atoms with Crippen LogP contribution in [0.1, 0.15) is 25.5 Å². The first-order chi connectivity index (χ1) is 8.13. The molecule has 0 atom stereocenters. The maximum absolute atomic E-state index is 9.88. The number of phenolic OH excluding ortho intramolecular Hbond substituents is 1. The lowest BCUT2D eigenvalue weighted by molar-refractivity contribution is 0.480. The molecule has 1 aromatic heterocycles. The molecule has 2 rings (SSSR count). The van der Waals surface area contributed by atoms with Crippen LogP contribution in [-0.2, 0) is 6.42 Å². The Morgan fingerprint density at radius 2 is 2.00 bits per heavy atom. The molecule has 0 saturated carbocycles. The van der Waals surface area contributed by atoms with Gasteiger partial charge in [0.25, 0.3) is 0 Å². The van der Waals surface area contributed by atoms with Crippen LogP contribution < -0.4 is 0 Å². The number of halogens is 2. The average Bonchev–Trinajstić information content (AvgIpc) is 2.33. The normalized spacial score (nSPS) is 11.0. The minimum atomic E-state index is 0.00409. The Morgan fingerprint density at radius 1 is 1.24 bits per heavy atom. The van der Waals surface area contributed by atoms with Crippen LogP contribution >= 0.6 is 23.2 Å². The van der Waals surface area contributed by atoms with E-state index in [9.17, 15) is 5.11 Å². The molecule has 2 nitrogen and oxygen atoms in total. The summed E-state index contributed by atoms with van der Waals surface area (Å²) in [7, 11) is 0. The van der Waals surface area contributed by atoms with Gasteiger partial charge < -0.3 is 5.11 Å². The zero-order chi connectivity index (χ0) is 12.4. The highest BCUT2D eigenvalue weighted by Gasteiger charge is 2.10. The van der Waals surface area contributed by atoms with Gasteiger partial charge in [0.2, 0.25) is 0 Å². The van der Waals surface area contributed by atoms with Crippen LogP contribution in [-0.4, -0.2) is 10.1 Å². The molecular formula is C13H13Cl2NO. The summed E-state index contributed by atoms with van der Waals surface area (Å²) in [4.78, 5) is 4.42. The van der Waals surface area contributed by atoms with E-state index in [-0.39, 0.29) is 10.8 Å². The van der Waals surface area contributed by atoms with Crippen LogP contribution in [0.25, 0.3) is 10.9 Å². The molecule has 0 unspecified atom stereocenters. The summed E-state index contributed by atoms with van der Waals surface area (Å²) >= 11 is 11.9. The molecule has 17 heavy (non-hydrogen) atoms. The summed E-state index contributed by atoms with van der Waals surface area (Å²) < 4.78 is 0. The van der Waals surface area contributed by atoms with E-state index in [1.165, 1.54) is 6.07 Å². The van der Waals surface area contributed by atoms with Gasteiger partial charge in [-0.2, -0.15) is 0 Å². The van der Waals surface area contributed by atoms with Gasteiger partial charge in [0, 0.05) is 11.1 Å². The maximum atomic E-state index is 9.88. The first kappa shape index (κ1) is 12.5. The van der Waals surface area contributed by atoms with Crippen molar-refractivity contribution >= 4 is 34.1 Å². The third kappa shape index (κ3) is 2.48. The smallest absolute Gasteiger partial charge is 0.160 e. The van der Waals surface area contributed by atoms with E-state index in [1.807, 2.05) is 12.1 Å². The minimum absolute atomic E-state index is 0.00409. The Balaban J connectivity index is 2.55. The first-order valence-corrected chi connectivity index (χ1v) is 6.35. The second kappa shape index (κ2) is 5.11. The van der Waals surface area contributed by atoms with Crippen LogP contribution in [0.3, 0.4) is 0 Å². The molecule has 90 valence electrons. The summed E-state index contributed by atoms with van der Waals surface area (Å²) in [5, 5.41) is 11.4. The highest BCUT2D eigenvalue weighted by molar-refractivity contribution is 6.39. The van der Waals surface area contributed by atoms with Gasteiger partial charge in [-0.15, -0.1) is 0 Å². The third-order valence-electron chi connectivity index (χ3n) is 2.70. The standard InChI is InChI=1S/C13H13Cl2NO/c1-2-3-4-8-5-6-9-10(14)7-11(15)13(17)12(9)16-8/h5-7,17H,2-4H2,1H3. The topological polar surface area (TPSA) is 33.1 Å². The van der Waals surface area contributed by atoms with Crippen molar-refractivity contribution in [2.45, 2.75) is 26.2 Å². The molecule has 0 aliphatic heterocycles. The van der Waals surface area contributed by atoms with E-state index in [0.717, 1.165) is 30.3 Å². The fourth-order valence-corrected chi connectivity index (χ4v) is 2.26. The predicted octanol–water partition coefficient (Wildman–Crippen LogP) is 4.59. The number of aryl methyl sites for hydroxylation is 1. The highest BCUT2D eigenvalue weighted by Crippen LogP contribution is 2.36. The molecule has 0 amide bonds. The Kier molecular flexibility index (Phi) is 3.75. The molecule has 0 saturated heterocycles. The molecule has 0 spiro atoms. The SMILES string of the molecule is CCCCc1ccc2c(Cl)cc(Cl)c(O)c2n1. The molecule has 0 aliphatic rings. The molecule has 1 N–H and O–H groups in total. The second-order valence-electron chi connectivity index (χ2n) is 3.99. The van der Waals surface area contributed by atoms with Crippen LogP contribution in [0.2, 0.25) is 10.0 Å². The van der Waals surface area contributed by atoms with E-state index >= 15 is 0 Å². The summed E-state index contributed by atoms with van der Waals surface area (Å²) in [6.45, 7) is 2.13. The Hall–Kier alpha value is -0.990. The number of nitrogens with zero attached hydrogens (tertiary/aromatic N) is 1. The highest BCUT2D eigenvalue weighted by atomic mass is 35.5. The van der Waals surface area contributed by atoms with Crippen molar-refractivity contribution in [3.05, 3.63) is 33.9 Å². The van der Waals surface area contributed by atoms with Crippen molar-refractivity contribution in [2.24, 2.45) is 0 Å². The number of aromatic nitrogens is 1. The number of aromatic hydroxyl groups is 1. The molecule has 0 radical (unpaired) electrons. The molecule has 0 aliphatic carbocycles. The predicted molar refractivity (Wildman–Crippen MR) is 72.0 cm³/mol. The van der Waals surface area contributed by atoms with E-state index in [0.29, 0.717) is 10.5 Å². The van der Waals surface area contributed by atoms with Gasteiger partial charge >= 0.3 is 0 Å². The fraction of sp³-hybridized carbons (Fsp3) is 0.308. The number of pyridine rings is 1. The molecule has 0 fully saturated rings. The number of fused-ring (bicyclic) bond motifs is 1. The van der Waals surface area contributed by atoms with E-state index in [2.05, 4.69) is 11.9 Å². The average molecular weight is 270 g/mol. The Morgan fingerprint density at radius 3 is 2.71 bits per heavy atom. The second-order valence-corrected chi connectivity index (χ2v) is 4.81. The van der Waals surface area contributed by atoms with Crippen LogP contribution in [0.4, 0.5) is 0 Å². The van der Waals surface area contributed by atoms with Crippen molar-refractivity contribution in [1.82, 2.24) is 4.98 Å².